The Hall–Kier alpha value is -1.10. The Kier molecular flexibility index (Phi) is 2.88. The Morgan fingerprint density at radius 1 is 1.50 bits per heavy atom. The molecule has 1 atom stereocenters. The molecule has 0 bridgehead atoms. The van der Waals surface area contributed by atoms with Crippen LogP contribution in [0.5, 0.6) is 0 Å². The lowest BCUT2D eigenvalue weighted by Gasteiger charge is -2.26. The number of nitrogens with zero attached hydrogens (tertiary/aromatic N) is 1. The van der Waals surface area contributed by atoms with Gasteiger partial charge in [-0.25, -0.2) is 4.79 Å². The fourth-order valence-electron chi connectivity index (χ4n) is 1.66. The smallest absolute Gasteiger partial charge is 0.351 e. The van der Waals surface area contributed by atoms with Crippen LogP contribution in [0.2, 0.25) is 0 Å². The van der Waals surface area contributed by atoms with Crippen molar-refractivity contribution < 1.29 is 14.4 Å². The number of hydrogen-bond acceptors (Lipinski definition) is 5. The zero-order valence-corrected chi connectivity index (χ0v) is 9.95. The van der Waals surface area contributed by atoms with Gasteiger partial charge in [-0.1, -0.05) is 5.16 Å². The van der Waals surface area contributed by atoms with Crippen LogP contribution in [0.3, 0.4) is 0 Å². The summed E-state index contributed by atoms with van der Waals surface area (Å²) in [6.07, 6.45) is 0.0242. The van der Waals surface area contributed by atoms with Gasteiger partial charge in [0.2, 0.25) is 6.10 Å². The standard InChI is InChI=1S/C11H18N2O3/c1-11(2,3)15-10(14)9-4-8(13-16-9)7-5-12-6-7/h7,9,12H,4-6H2,1-3H3. The molecule has 0 radical (unpaired) electrons. The van der Waals surface area contributed by atoms with Crippen molar-refractivity contribution in [3.63, 3.8) is 0 Å². The summed E-state index contributed by atoms with van der Waals surface area (Å²) in [5, 5.41) is 7.13. The lowest BCUT2D eigenvalue weighted by atomic mass is 9.94. The van der Waals surface area contributed by atoms with E-state index in [0.717, 1.165) is 18.8 Å². The Balaban J connectivity index is 1.83. The van der Waals surface area contributed by atoms with Gasteiger partial charge in [-0.3, -0.25) is 0 Å². The van der Waals surface area contributed by atoms with E-state index >= 15 is 0 Å². The van der Waals surface area contributed by atoms with Crippen LogP contribution in [-0.2, 0) is 14.4 Å². The topological polar surface area (TPSA) is 59.9 Å². The van der Waals surface area contributed by atoms with E-state index in [9.17, 15) is 4.79 Å². The van der Waals surface area contributed by atoms with E-state index in [1.807, 2.05) is 20.8 Å². The molecule has 1 fully saturated rings. The maximum Gasteiger partial charge on any atom is 0.351 e. The van der Waals surface area contributed by atoms with Crippen molar-refractivity contribution in [1.82, 2.24) is 5.32 Å². The molecule has 0 aliphatic carbocycles. The highest BCUT2D eigenvalue weighted by Gasteiger charge is 2.36. The maximum atomic E-state index is 11.7. The third kappa shape index (κ3) is 2.52. The zero-order chi connectivity index (χ0) is 11.8. The van der Waals surface area contributed by atoms with Crippen LogP contribution < -0.4 is 5.32 Å². The van der Waals surface area contributed by atoms with Gasteiger partial charge in [0, 0.05) is 25.4 Å². The molecule has 1 saturated heterocycles. The van der Waals surface area contributed by atoms with Gasteiger partial charge < -0.3 is 14.9 Å². The van der Waals surface area contributed by atoms with Gasteiger partial charge in [0.05, 0.1) is 5.71 Å². The van der Waals surface area contributed by atoms with E-state index in [2.05, 4.69) is 10.5 Å². The molecule has 0 aromatic heterocycles. The Morgan fingerprint density at radius 3 is 2.69 bits per heavy atom. The molecule has 2 aliphatic heterocycles. The molecule has 0 spiro atoms. The van der Waals surface area contributed by atoms with Gasteiger partial charge in [0.25, 0.3) is 0 Å². The molecule has 2 heterocycles. The predicted molar refractivity (Wildman–Crippen MR) is 59.1 cm³/mol. The van der Waals surface area contributed by atoms with E-state index in [1.54, 1.807) is 0 Å². The largest absolute Gasteiger partial charge is 0.457 e. The summed E-state index contributed by atoms with van der Waals surface area (Å²) in [7, 11) is 0. The molecular formula is C11H18N2O3. The van der Waals surface area contributed by atoms with Crippen LogP contribution >= 0.6 is 0 Å². The molecule has 90 valence electrons. The number of ether oxygens (including phenoxy) is 1. The molecular weight excluding hydrogens is 208 g/mol. The number of hydrogen-bond donors (Lipinski definition) is 1. The molecule has 1 unspecified atom stereocenters. The average molecular weight is 226 g/mol. The molecule has 1 N–H and O–H groups in total. The number of oxime groups is 1. The number of nitrogens with one attached hydrogen (secondary N) is 1. The molecule has 0 amide bonds. The first-order valence-corrected chi connectivity index (χ1v) is 5.62. The summed E-state index contributed by atoms with van der Waals surface area (Å²) >= 11 is 0. The van der Waals surface area contributed by atoms with E-state index in [-0.39, 0.29) is 5.97 Å². The number of carbonyl (C=O) groups excluding carboxylic acids is 1. The van der Waals surface area contributed by atoms with E-state index in [0.29, 0.717) is 12.3 Å². The van der Waals surface area contributed by atoms with Crippen molar-refractivity contribution in [3.05, 3.63) is 0 Å². The quantitative estimate of drug-likeness (QED) is 0.704. The molecule has 0 saturated carbocycles. The van der Waals surface area contributed by atoms with Crippen LogP contribution in [0, 0.1) is 5.92 Å². The van der Waals surface area contributed by atoms with E-state index in [1.165, 1.54) is 0 Å². The predicted octanol–water partition coefficient (Wildman–Crippen LogP) is 0.692. The lowest BCUT2D eigenvalue weighted by Crippen LogP contribution is -2.46. The van der Waals surface area contributed by atoms with Crippen LogP contribution in [0.25, 0.3) is 0 Å². The second-order valence-corrected chi connectivity index (χ2v) is 5.27. The maximum absolute atomic E-state index is 11.7. The van der Waals surface area contributed by atoms with Crippen LogP contribution in [0.1, 0.15) is 27.2 Å². The Bertz CT molecular complexity index is 316. The van der Waals surface area contributed by atoms with Crippen molar-refractivity contribution in [2.75, 3.05) is 13.1 Å². The zero-order valence-electron chi connectivity index (χ0n) is 9.95. The third-order valence-electron chi connectivity index (χ3n) is 2.61. The van der Waals surface area contributed by atoms with Gasteiger partial charge in [-0.2, -0.15) is 0 Å². The molecule has 5 nitrogen and oxygen atoms in total. The first-order chi connectivity index (χ1) is 7.46. The van der Waals surface area contributed by atoms with Crippen molar-refractivity contribution >= 4 is 11.7 Å². The summed E-state index contributed by atoms with van der Waals surface area (Å²) < 4.78 is 5.25. The minimum absolute atomic E-state index is 0.321. The van der Waals surface area contributed by atoms with Gasteiger partial charge in [-0.05, 0) is 20.8 Å². The summed E-state index contributed by atoms with van der Waals surface area (Å²) in [6, 6.07) is 0. The van der Waals surface area contributed by atoms with Crippen LogP contribution in [0.4, 0.5) is 0 Å². The molecule has 0 aromatic rings. The molecule has 2 rings (SSSR count). The molecule has 5 heteroatoms. The van der Waals surface area contributed by atoms with E-state index < -0.39 is 11.7 Å². The number of esters is 1. The summed E-state index contributed by atoms with van der Waals surface area (Å²) in [4.78, 5) is 16.8. The van der Waals surface area contributed by atoms with Crippen molar-refractivity contribution in [2.45, 2.75) is 38.9 Å². The summed E-state index contributed by atoms with van der Waals surface area (Å²) in [6.45, 7) is 7.40. The fourth-order valence-corrected chi connectivity index (χ4v) is 1.66. The second kappa shape index (κ2) is 4.05. The van der Waals surface area contributed by atoms with Crippen molar-refractivity contribution in [2.24, 2.45) is 11.1 Å². The SMILES string of the molecule is CC(C)(C)OC(=O)C1CC(C2CNC2)=NO1. The summed E-state index contributed by atoms with van der Waals surface area (Å²) in [5.74, 6) is 0.117. The van der Waals surface area contributed by atoms with Crippen molar-refractivity contribution in [3.8, 4) is 0 Å². The van der Waals surface area contributed by atoms with Crippen LogP contribution in [0.15, 0.2) is 5.16 Å². The highest BCUT2D eigenvalue weighted by Crippen LogP contribution is 2.21. The normalized spacial score (nSPS) is 25.7. The highest BCUT2D eigenvalue weighted by molar-refractivity contribution is 5.93. The third-order valence-corrected chi connectivity index (χ3v) is 2.61. The first kappa shape index (κ1) is 11.4. The minimum atomic E-state index is -0.546. The van der Waals surface area contributed by atoms with Gasteiger partial charge in [-0.15, -0.1) is 0 Å². The van der Waals surface area contributed by atoms with Gasteiger partial charge in [0.15, 0.2) is 0 Å². The van der Waals surface area contributed by atoms with E-state index in [4.69, 9.17) is 9.57 Å². The average Bonchev–Trinajstić information content (AvgIpc) is 2.46. The van der Waals surface area contributed by atoms with Crippen LogP contribution in [-0.4, -0.2) is 36.5 Å². The van der Waals surface area contributed by atoms with Gasteiger partial charge in [0.1, 0.15) is 5.60 Å². The summed E-state index contributed by atoms with van der Waals surface area (Å²) in [5.41, 5.74) is 0.510. The molecule has 0 aromatic carbocycles. The first-order valence-electron chi connectivity index (χ1n) is 5.62. The number of carbonyl (C=O) groups is 1. The minimum Gasteiger partial charge on any atom is -0.457 e. The fraction of sp³-hybridized carbons (Fsp3) is 0.818. The Labute approximate surface area is 95.2 Å². The number of rotatable bonds is 2. The highest BCUT2D eigenvalue weighted by atomic mass is 16.7. The monoisotopic (exact) mass is 226 g/mol. The van der Waals surface area contributed by atoms with Crippen molar-refractivity contribution in [1.29, 1.82) is 0 Å². The molecule has 16 heavy (non-hydrogen) atoms. The Morgan fingerprint density at radius 2 is 2.19 bits per heavy atom. The second-order valence-electron chi connectivity index (χ2n) is 5.27. The van der Waals surface area contributed by atoms with Gasteiger partial charge >= 0.3 is 5.97 Å². The lowest BCUT2D eigenvalue weighted by molar-refractivity contribution is -0.166. The molecule has 2 aliphatic rings.